The van der Waals surface area contributed by atoms with Crippen molar-refractivity contribution in [2.24, 2.45) is 7.05 Å². The van der Waals surface area contributed by atoms with Crippen LogP contribution in [0.25, 0.3) is 16.5 Å². The van der Waals surface area contributed by atoms with E-state index in [9.17, 15) is 13.6 Å². The van der Waals surface area contributed by atoms with E-state index in [1.165, 1.54) is 20.1 Å². The van der Waals surface area contributed by atoms with Crippen LogP contribution in [0, 0.1) is 18.6 Å². The Morgan fingerprint density at radius 3 is 2.79 bits per heavy atom. The zero-order valence-corrected chi connectivity index (χ0v) is 15.9. The lowest BCUT2D eigenvalue weighted by molar-refractivity contribution is -0.145. The van der Waals surface area contributed by atoms with Crippen LogP contribution in [0.5, 0.6) is 0 Å². The first-order chi connectivity index (χ1) is 13.4. The highest BCUT2D eigenvalue weighted by atomic mass is 19.2. The highest BCUT2D eigenvalue weighted by Gasteiger charge is 2.44. The van der Waals surface area contributed by atoms with Gasteiger partial charge in [0.15, 0.2) is 11.6 Å². The first-order valence-corrected chi connectivity index (χ1v) is 9.05. The maximum atomic E-state index is 14.2. The maximum absolute atomic E-state index is 14.2. The molecule has 28 heavy (non-hydrogen) atoms. The zero-order valence-electron chi connectivity index (χ0n) is 15.9. The molecule has 0 saturated carbocycles. The van der Waals surface area contributed by atoms with E-state index in [1.54, 1.807) is 10.9 Å². The number of allylic oxidation sites excluding steroid dienone is 1. The quantitative estimate of drug-likeness (QED) is 0.629. The number of hydrogen-bond donors (Lipinski definition) is 0. The molecule has 0 radical (unpaired) electrons. The number of fused-ring (bicyclic) bond motifs is 1. The first-order valence-electron chi connectivity index (χ1n) is 9.05. The van der Waals surface area contributed by atoms with Crippen molar-refractivity contribution in [2.75, 3.05) is 7.11 Å². The van der Waals surface area contributed by atoms with E-state index in [1.807, 2.05) is 31.3 Å². The number of benzene rings is 2. The van der Waals surface area contributed by atoms with E-state index >= 15 is 0 Å². The Bertz CT molecular complexity index is 1130. The van der Waals surface area contributed by atoms with Crippen molar-refractivity contribution < 1.29 is 18.3 Å². The summed E-state index contributed by atoms with van der Waals surface area (Å²) < 4.78 is 34.7. The van der Waals surface area contributed by atoms with Gasteiger partial charge in [-0.05, 0) is 54.2 Å². The normalized spacial score (nSPS) is 19.1. The average molecular weight is 382 g/mol. The molecule has 0 bridgehead atoms. The summed E-state index contributed by atoms with van der Waals surface area (Å²) in [6.07, 6.45) is 4.70. The number of rotatable bonds is 3. The molecule has 0 fully saturated rings. The van der Waals surface area contributed by atoms with Gasteiger partial charge in [-0.1, -0.05) is 24.3 Å². The predicted molar refractivity (Wildman–Crippen MR) is 103 cm³/mol. The Balaban J connectivity index is 1.87. The fourth-order valence-corrected chi connectivity index (χ4v) is 4.15. The number of carbonyl (C=O) groups is 1. The van der Waals surface area contributed by atoms with Gasteiger partial charge in [-0.3, -0.25) is 9.48 Å². The second-order valence-corrected chi connectivity index (χ2v) is 7.21. The number of nitrogens with zero attached hydrogens (tertiary/aromatic N) is 2. The molecule has 6 heteroatoms. The van der Waals surface area contributed by atoms with Gasteiger partial charge in [0.2, 0.25) is 0 Å². The zero-order chi connectivity index (χ0) is 20.1. The van der Waals surface area contributed by atoms with Gasteiger partial charge in [0, 0.05) is 12.4 Å². The van der Waals surface area contributed by atoms with Crippen LogP contribution in [0.3, 0.4) is 0 Å². The predicted octanol–water partition coefficient (Wildman–Crippen LogP) is 4.45. The van der Waals surface area contributed by atoms with Crippen molar-refractivity contribution in [3.8, 4) is 0 Å². The molecule has 0 amide bonds. The molecule has 0 saturated heterocycles. The minimum atomic E-state index is -1.13. The minimum absolute atomic E-state index is 0.130. The van der Waals surface area contributed by atoms with Crippen molar-refractivity contribution in [3.63, 3.8) is 0 Å². The minimum Gasteiger partial charge on any atom is -0.468 e. The maximum Gasteiger partial charge on any atom is 0.320 e. The molecule has 0 N–H and O–H groups in total. The van der Waals surface area contributed by atoms with Gasteiger partial charge in [0.25, 0.3) is 0 Å². The van der Waals surface area contributed by atoms with Gasteiger partial charge >= 0.3 is 5.97 Å². The summed E-state index contributed by atoms with van der Waals surface area (Å²) in [5.74, 6) is -2.33. The molecule has 2 aromatic carbocycles. The Hall–Kier alpha value is -3.02. The second kappa shape index (κ2) is 6.55. The van der Waals surface area contributed by atoms with Crippen LogP contribution in [-0.2, 0) is 22.0 Å². The third kappa shape index (κ3) is 2.63. The lowest BCUT2D eigenvalue weighted by Gasteiger charge is -2.26. The summed E-state index contributed by atoms with van der Waals surface area (Å²) in [5, 5.41) is 5.28. The van der Waals surface area contributed by atoms with Crippen molar-refractivity contribution in [1.29, 1.82) is 0 Å². The Kier molecular flexibility index (Phi) is 4.29. The van der Waals surface area contributed by atoms with Crippen LogP contribution in [0.4, 0.5) is 8.78 Å². The smallest absolute Gasteiger partial charge is 0.320 e. The van der Waals surface area contributed by atoms with Gasteiger partial charge in [-0.25, -0.2) is 8.78 Å². The van der Waals surface area contributed by atoms with Crippen molar-refractivity contribution in [3.05, 3.63) is 70.9 Å². The number of esters is 1. The third-order valence-corrected chi connectivity index (χ3v) is 5.70. The number of hydrogen-bond acceptors (Lipinski definition) is 3. The number of aromatic nitrogens is 2. The lowest BCUT2D eigenvalue weighted by Crippen LogP contribution is -2.34. The SMILES string of the molecule is COC(=O)[C@]1(c2ccc(F)c(F)c2C)C=C(c2ccc3cnn(C)c3c2)CC1. The summed E-state index contributed by atoms with van der Waals surface area (Å²) in [4.78, 5) is 12.8. The van der Waals surface area contributed by atoms with Gasteiger partial charge in [0.05, 0.1) is 18.8 Å². The lowest BCUT2D eigenvalue weighted by atomic mass is 9.77. The molecule has 0 unspecified atom stereocenters. The van der Waals surface area contributed by atoms with E-state index in [4.69, 9.17) is 4.74 Å². The molecule has 1 aromatic heterocycles. The fraction of sp³-hybridized carbons (Fsp3) is 0.273. The van der Waals surface area contributed by atoms with E-state index in [-0.39, 0.29) is 5.56 Å². The van der Waals surface area contributed by atoms with Crippen molar-refractivity contribution in [2.45, 2.75) is 25.2 Å². The number of carbonyl (C=O) groups excluding carboxylic acids is 1. The molecule has 3 aromatic rings. The fourth-order valence-electron chi connectivity index (χ4n) is 4.15. The van der Waals surface area contributed by atoms with E-state index in [2.05, 4.69) is 5.10 Å². The first kappa shape index (κ1) is 18.3. The van der Waals surface area contributed by atoms with Gasteiger partial charge < -0.3 is 4.74 Å². The highest BCUT2D eigenvalue weighted by molar-refractivity contribution is 5.92. The molecule has 4 nitrogen and oxygen atoms in total. The molecular formula is C22H20F2N2O2. The average Bonchev–Trinajstić information content (AvgIpc) is 3.30. The standard InChI is InChI=1S/C22H20F2N2O2/c1-13-17(6-7-18(23)20(13)24)22(21(27)28-3)9-8-15(11-22)14-4-5-16-12-25-26(2)19(16)10-14/h4-7,10-12H,8-9H2,1-3H3/t22-/m0/s1. The summed E-state index contributed by atoms with van der Waals surface area (Å²) in [5.41, 5.74) is 2.36. The molecular weight excluding hydrogens is 362 g/mol. The Labute approximate surface area is 161 Å². The molecule has 1 atom stereocenters. The second-order valence-electron chi connectivity index (χ2n) is 7.21. The van der Waals surface area contributed by atoms with Gasteiger partial charge in [-0.2, -0.15) is 5.10 Å². The van der Waals surface area contributed by atoms with E-state index < -0.39 is 23.0 Å². The molecule has 1 aliphatic carbocycles. The largest absolute Gasteiger partial charge is 0.468 e. The monoisotopic (exact) mass is 382 g/mol. The van der Waals surface area contributed by atoms with E-state index in [0.717, 1.165) is 28.1 Å². The highest BCUT2D eigenvalue weighted by Crippen LogP contribution is 2.45. The summed E-state index contributed by atoms with van der Waals surface area (Å²) >= 11 is 0. The van der Waals surface area contributed by atoms with Crippen LogP contribution < -0.4 is 0 Å². The summed E-state index contributed by atoms with van der Waals surface area (Å²) in [6, 6.07) is 8.55. The Morgan fingerprint density at radius 1 is 1.25 bits per heavy atom. The number of halogens is 2. The van der Waals surface area contributed by atoms with Crippen LogP contribution in [-0.4, -0.2) is 22.9 Å². The van der Waals surface area contributed by atoms with E-state index in [0.29, 0.717) is 18.4 Å². The van der Waals surface area contributed by atoms with Crippen LogP contribution in [0.15, 0.2) is 42.6 Å². The molecule has 144 valence electrons. The van der Waals surface area contributed by atoms with Crippen molar-refractivity contribution in [1.82, 2.24) is 9.78 Å². The number of methoxy groups -OCH3 is 1. The third-order valence-electron chi connectivity index (χ3n) is 5.70. The van der Waals surface area contributed by atoms with Gasteiger partial charge in [0.1, 0.15) is 5.41 Å². The van der Waals surface area contributed by atoms with Crippen LogP contribution >= 0.6 is 0 Å². The molecule has 4 rings (SSSR count). The molecule has 0 aliphatic heterocycles. The van der Waals surface area contributed by atoms with Crippen molar-refractivity contribution >= 4 is 22.4 Å². The van der Waals surface area contributed by atoms with Crippen LogP contribution in [0.1, 0.15) is 29.5 Å². The van der Waals surface area contributed by atoms with Crippen LogP contribution in [0.2, 0.25) is 0 Å². The summed E-state index contributed by atoms with van der Waals surface area (Å²) in [7, 11) is 3.19. The molecule has 1 heterocycles. The Morgan fingerprint density at radius 2 is 2.04 bits per heavy atom. The summed E-state index contributed by atoms with van der Waals surface area (Å²) in [6.45, 7) is 1.49. The topological polar surface area (TPSA) is 44.1 Å². The molecule has 1 aliphatic rings. The number of aryl methyl sites for hydroxylation is 1. The van der Waals surface area contributed by atoms with Gasteiger partial charge in [-0.15, -0.1) is 0 Å². The number of ether oxygens (including phenoxy) is 1. The molecule has 0 spiro atoms.